The maximum absolute atomic E-state index is 8.83. The van der Waals surface area contributed by atoms with Crippen molar-refractivity contribution < 1.29 is 5.11 Å². The molecule has 0 atom stereocenters. The Hall–Kier alpha value is -0.770. The van der Waals surface area contributed by atoms with E-state index in [0.29, 0.717) is 6.54 Å². The number of nitrogens with zero attached hydrogens (tertiary/aromatic N) is 3. The molecule has 0 heterocycles. The van der Waals surface area contributed by atoms with Crippen molar-refractivity contribution in [3.63, 3.8) is 0 Å². The summed E-state index contributed by atoms with van der Waals surface area (Å²) in [5.41, 5.74) is 0. The molecule has 4 nitrogen and oxygen atoms in total. The molecule has 0 saturated carbocycles. The van der Waals surface area contributed by atoms with Gasteiger partial charge < -0.3 is 14.9 Å². The molecule has 0 saturated heterocycles. The molecular weight excluding hydrogens is 190 g/mol. The zero-order valence-corrected chi connectivity index (χ0v) is 10.5. The maximum Gasteiger partial charge on any atom is 0.196 e. The van der Waals surface area contributed by atoms with Crippen LogP contribution in [0.15, 0.2) is 4.99 Å². The molecule has 0 aromatic carbocycles. The lowest BCUT2D eigenvalue weighted by molar-refractivity contribution is 0.300. The third-order valence-electron chi connectivity index (χ3n) is 2.45. The number of aliphatic hydroxyl groups excluding tert-OH is 1. The van der Waals surface area contributed by atoms with E-state index in [2.05, 4.69) is 42.5 Å². The van der Waals surface area contributed by atoms with Crippen LogP contribution >= 0.6 is 0 Å². The highest BCUT2D eigenvalue weighted by Crippen LogP contribution is 1.99. The van der Waals surface area contributed by atoms with Crippen LogP contribution in [0.3, 0.4) is 0 Å². The normalized spacial score (nSPS) is 9.93. The highest BCUT2D eigenvalue weighted by molar-refractivity contribution is 5.80. The number of hydrogen-bond donors (Lipinski definition) is 1. The molecule has 15 heavy (non-hydrogen) atoms. The zero-order chi connectivity index (χ0) is 11.7. The molecule has 0 spiro atoms. The fourth-order valence-corrected chi connectivity index (χ4v) is 1.56. The first kappa shape index (κ1) is 14.2. The maximum atomic E-state index is 8.83. The van der Waals surface area contributed by atoms with E-state index in [1.54, 1.807) is 0 Å². The van der Waals surface area contributed by atoms with Gasteiger partial charge in [-0.25, -0.2) is 0 Å². The second-order valence-corrected chi connectivity index (χ2v) is 3.25. The van der Waals surface area contributed by atoms with Gasteiger partial charge in [-0.05, 0) is 27.7 Å². The molecule has 0 aliphatic heterocycles. The molecule has 1 N–H and O–H groups in total. The summed E-state index contributed by atoms with van der Waals surface area (Å²) >= 11 is 0. The molecule has 0 amide bonds. The van der Waals surface area contributed by atoms with Crippen LogP contribution in [0.2, 0.25) is 0 Å². The van der Waals surface area contributed by atoms with Gasteiger partial charge in [0.25, 0.3) is 0 Å². The number of aliphatic hydroxyl groups is 1. The van der Waals surface area contributed by atoms with Gasteiger partial charge in [0, 0.05) is 26.2 Å². The minimum atomic E-state index is 0.117. The van der Waals surface area contributed by atoms with Crippen molar-refractivity contribution in [1.29, 1.82) is 0 Å². The van der Waals surface area contributed by atoms with Crippen LogP contribution in [-0.2, 0) is 0 Å². The SMILES string of the molecule is CCN(CC)C(=NCCO)N(CC)CC. The number of hydrogen-bond acceptors (Lipinski definition) is 2. The van der Waals surface area contributed by atoms with Crippen molar-refractivity contribution in [1.82, 2.24) is 9.80 Å². The summed E-state index contributed by atoms with van der Waals surface area (Å²) in [6, 6.07) is 0. The van der Waals surface area contributed by atoms with Crippen molar-refractivity contribution in [2.24, 2.45) is 4.99 Å². The Morgan fingerprint density at radius 1 is 0.933 bits per heavy atom. The lowest BCUT2D eigenvalue weighted by atomic mass is 10.4. The Labute approximate surface area is 93.6 Å². The van der Waals surface area contributed by atoms with Gasteiger partial charge in [0.15, 0.2) is 5.96 Å². The average molecular weight is 215 g/mol. The first-order valence-corrected chi connectivity index (χ1v) is 5.90. The molecule has 0 bridgehead atoms. The molecule has 0 aromatic heterocycles. The van der Waals surface area contributed by atoms with E-state index in [1.165, 1.54) is 0 Å². The highest BCUT2D eigenvalue weighted by Gasteiger charge is 2.12. The Morgan fingerprint density at radius 2 is 1.33 bits per heavy atom. The highest BCUT2D eigenvalue weighted by atomic mass is 16.3. The number of rotatable bonds is 6. The second-order valence-electron chi connectivity index (χ2n) is 3.25. The Balaban J connectivity index is 4.68. The Bertz CT molecular complexity index is 161. The van der Waals surface area contributed by atoms with E-state index in [-0.39, 0.29) is 6.61 Å². The van der Waals surface area contributed by atoms with Crippen molar-refractivity contribution >= 4 is 5.96 Å². The van der Waals surface area contributed by atoms with E-state index in [4.69, 9.17) is 5.11 Å². The summed E-state index contributed by atoms with van der Waals surface area (Å²) in [6.07, 6.45) is 0. The summed E-state index contributed by atoms with van der Waals surface area (Å²) in [7, 11) is 0. The van der Waals surface area contributed by atoms with E-state index in [9.17, 15) is 0 Å². The van der Waals surface area contributed by atoms with Crippen LogP contribution < -0.4 is 0 Å². The van der Waals surface area contributed by atoms with Crippen LogP contribution in [-0.4, -0.2) is 60.2 Å². The van der Waals surface area contributed by atoms with Gasteiger partial charge in [0.05, 0.1) is 13.2 Å². The molecule has 0 fully saturated rings. The van der Waals surface area contributed by atoms with Crippen molar-refractivity contribution in [2.75, 3.05) is 39.3 Å². The van der Waals surface area contributed by atoms with E-state index < -0.39 is 0 Å². The van der Waals surface area contributed by atoms with Crippen molar-refractivity contribution in [2.45, 2.75) is 27.7 Å². The van der Waals surface area contributed by atoms with Crippen molar-refractivity contribution in [3.05, 3.63) is 0 Å². The minimum Gasteiger partial charge on any atom is -0.394 e. The second kappa shape index (κ2) is 8.53. The van der Waals surface area contributed by atoms with Gasteiger partial charge in [0.2, 0.25) is 0 Å². The Morgan fingerprint density at radius 3 is 1.60 bits per heavy atom. The monoisotopic (exact) mass is 215 g/mol. The summed E-state index contributed by atoms with van der Waals surface area (Å²) in [5, 5.41) is 8.83. The summed E-state index contributed by atoms with van der Waals surface area (Å²) in [6.45, 7) is 12.9. The first-order chi connectivity index (χ1) is 7.24. The first-order valence-electron chi connectivity index (χ1n) is 5.90. The molecule has 0 radical (unpaired) electrons. The number of guanidine groups is 1. The number of aliphatic imine (C=N–C) groups is 1. The van der Waals surface area contributed by atoms with Crippen LogP contribution in [0.1, 0.15) is 27.7 Å². The average Bonchev–Trinajstić information content (AvgIpc) is 2.28. The topological polar surface area (TPSA) is 39.1 Å². The molecule has 0 aromatic rings. The largest absolute Gasteiger partial charge is 0.394 e. The molecule has 0 rings (SSSR count). The fourth-order valence-electron chi connectivity index (χ4n) is 1.56. The molecule has 0 aliphatic rings. The van der Waals surface area contributed by atoms with Crippen LogP contribution in [0.4, 0.5) is 0 Å². The van der Waals surface area contributed by atoms with Crippen molar-refractivity contribution in [3.8, 4) is 0 Å². The van der Waals surface area contributed by atoms with Gasteiger partial charge in [-0.2, -0.15) is 0 Å². The standard InChI is InChI=1S/C11H25N3O/c1-5-13(6-2)11(12-9-10-15)14(7-3)8-4/h15H,5-10H2,1-4H3. The van der Waals surface area contributed by atoms with E-state index >= 15 is 0 Å². The molecule has 0 aliphatic carbocycles. The lowest BCUT2D eigenvalue weighted by Crippen LogP contribution is -2.44. The Kier molecular flexibility index (Phi) is 8.09. The van der Waals surface area contributed by atoms with Crippen LogP contribution in [0.25, 0.3) is 0 Å². The third kappa shape index (κ3) is 4.51. The molecule has 0 unspecified atom stereocenters. The van der Waals surface area contributed by atoms with Gasteiger partial charge in [-0.3, -0.25) is 4.99 Å². The third-order valence-corrected chi connectivity index (χ3v) is 2.45. The van der Waals surface area contributed by atoms with E-state index in [0.717, 1.165) is 32.1 Å². The van der Waals surface area contributed by atoms with Crippen LogP contribution in [0.5, 0.6) is 0 Å². The quantitative estimate of drug-likeness (QED) is 0.531. The predicted octanol–water partition coefficient (Wildman–Crippen LogP) is 1.02. The smallest absolute Gasteiger partial charge is 0.196 e. The van der Waals surface area contributed by atoms with Gasteiger partial charge >= 0.3 is 0 Å². The molecule has 90 valence electrons. The summed E-state index contributed by atoms with van der Waals surface area (Å²) < 4.78 is 0. The molecule has 4 heteroatoms. The van der Waals surface area contributed by atoms with E-state index in [1.807, 2.05) is 0 Å². The fraction of sp³-hybridized carbons (Fsp3) is 0.909. The predicted molar refractivity (Wildman–Crippen MR) is 65.2 cm³/mol. The lowest BCUT2D eigenvalue weighted by Gasteiger charge is -2.31. The van der Waals surface area contributed by atoms with Crippen LogP contribution in [0, 0.1) is 0 Å². The summed E-state index contributed by atoms with van der Waals surface area (Å²) in [5.74, 6) is 1.01. The van der Waals surface area contributed by atoms with Gasteiger partial charge in [-0.15, -0.1) is 0 Å². The zero-order valence-electron chi connectivity index (χ0n) is 10.5. The molecular formula is C11H25N3O. The van der Waals surface area contributed by atoms with Gasteiger partial charge in [-0.1, -0.05) is 0 Å². The summed E-state index contributed by atoms with van der Waals surface area (Å²) in [4.78, 5) is 8.89. The van der Waals surface area contributed by atoms with Gasteiger partial charge in [0.1, 0.15) is 0 Å². The minimum absolute atomic E-state index is 0.117.